The van der Waals surface area contributed by atoms with Gasteiger partial charge in [-0.2, -0.15) is 0 Å². The summed E-state index contributed by atoms with van der Waals surface area (Å²) in [4.78, 5) is 30.8. The van der Waals surface area contributed by atoms with Crippen LogP contribution in [0.25, 0.3) is 6.08 Å². The number of carbonyl (C=O) groups is 2. The first-order chi connectivity index (χ1) is 15.8. The second kappa shape index (κ2) is 9.07. The molecule has 4 rings (SSSR count). The Morgan fingerprint density at radius 2 is 1.36 bits per heavy atom. The van der Waals surface area contributed by atoms with Gasteiger partial charge in [-0.1, -0.05) is 48.5 Å². The first-order valence-electron chi connectivity index (χ1n) is 11.3. The standard InChI is InChI=1S/C29H30N2O2/c1-19-11-13-25(16-21(19)3)30-18-27(32)31(26-14-12-20(2)22(4)17-26)28(29(30)33)23(5)15-24-9-7-6-8-10-24/h6-17,28H,18H2,1-5H3/b23-15+/t28-/m0/s1. The summed E-state index contributed by atoms with van der Waals surface area (Å²) in [6.07, 6.45) is 1.99. The summed E-state index contributed by atoms with van der Waals surface area (Å²) in [5.41, 5.74) is 7.83. The molecular formula is C29H30N2O2. The van der Waals surface area contributed by atoms with E-state index in [0.29, 0.717) is 0 Å². The maximum absolute atomic E-state index is 13.9. The van der Waals surface area contributed by atoms with E-state index in [1.807, 2.05) is 107 Å². The van der Waals surface area contributed by atoms with Crippen molar-refractivity contribution < 1.29 is 9.59 Å². The summed E-state index contributed by atoms with van der Waals surface area (Å²) < 4.78 is 0. The Kier molecular flexibility index (Phi) is 6.19. The fourth-order valence-corrected chi connectivity index (χ4v) is 4.26. The van der Waals surface area contributed by atoms with Crippen molar-refractivity contribution in [3.63, 3.8) is 0 Å². The third-order valence-electron chi connectivity index (χ3n) is 6.52. The molecule has 1 aliphatic heterocycles. The average Bonchev–Trinajstić information content (AvgIpc) is 2.79. The number of amides is 2. The van der Waals surface area contributed by atoms with E-state index in [-0.39, 0.29) is 18.4 Å². The van der Waals surface area contributed by atoms with E-state index >= 15 is 0 Å². The van der Waals surface area contributed by atoms with Crippen LogP contribution in [0.2, 0.25) is 0 Å². The van der Waals surface area contributed by atoms with Gasteiger partial charge in [-0.15, -0.1) is 0 Å². The van der Waals surface area contributed by atoms with E-state index in [0.717, 1.165) is 44.8 Å². The molecule has 1 fully saturated rings. The van der Waals surface area contributed by atoms with Crippen molar-refractivity contribution in [1.82, 2.24) is 0 Å². The number of anilines is 2. The van der Waals surface area contributed by atoms with Gasteiger partial charge in [0.25, 0.3) is 5.91 Å². The van der Waals surface area contributed by atoms with E-state index in [2.05, 4.69) is 0 Å². The summed E-state index contributed by atoms with van der Waals surface area (Å²) in [7, 11) is 0. The number of aryl methyl sites for hydroxylation is 4. The SMILES string of the molecule is C/C(=C\c1ccccc1)[C@H]1C(=O)N(c2ccc(C)c(C)c2)CC(=O)N1c1ccc(C)c(C)c1. The van der Waals surface area contributed by atoms with Gasteiger partial charge in [0, 0.05) is 11.4 Å². The van der Waals surface area contributed by atoms with Gasteiger partial charge in [0.15, 0.2) is 0 Å². The predicted octanol–water partition coefficient (Wildman–Crippen LogP) is 5.77. The molecule has 2 amide bonds. The van der Waals surface area contributed by atoms with Crippen LogP contribution < -0.4 is 9.80 Å². The monoisotopic (exact) mass is 438 g/mol. The summed E-state index contributed by atoms with van der Waals surface area (Å²) in [6, 6.07) is 21.0. The minimum atomic E-state index is -0.713. The number of hydrogen-bond acceptors (Lipinski definition) is 2. The average molecular weight is 439 g/mol. The van der Waals surface area contributed by atoms with Crippen molar-refractivity contribution in [3.05, 3.63) is 100 Å². The van der Waals surface area contributed by atoms with Crippen LogP contribution in [0.4, 0.5) is 11.4 Å². The number of hydrogen-bond donors (Lipinski definition) is 0. The molecule has 0 radical (unpaired) electrons. The van der Waals surface area contributed by atoms with Gasteiger partial charge in [-0.25, -0.2) is 0 Å². The van der Waals surface area contributed by atoms with Crippen molar-refractivity contribution >= 4 is 29.3 Å². The molecule has 1 aliphatic rings. The minimum Gasteiger partial charge on any atom is -0.301 e. The topological polar surface area (TPSA) is 40.6 Å². The fraction of sp³-hybridized carbons (Fsp3) is 0.241. The molecule has 3 aromatic rings. The van der Waals surface area contributed by atoms with Gasteiger partial charge in [0.1, 0.15) is 12.6 Å². The van der Waals surface area contributed by atoms with Gasteiger partial charge < -0.3 is 4.90 Å². The fourth-order valence-electron chi connectivity index (χ4n) is 4.26. The van der Waals surface area contributed by atoms with Crippen LogP contribution in [0.3, 0.4) is 0 Å². The number of piperazine rings is 1. The third kappa shape index (κ3) is 4.47. The number of nitrogens with zero attached hydrogens (tertiary/aromatic N) is 2. The lowest BCUT2D eigenvalue weighted by atomic mass is 9.97. The smallest absolute Gasteiger partial charge is 0.254 e. The van der Waals surface area contributed by atoms with E-state index in [4.69, 9.17) is 0 Å². The molecule has 0 N–H and O–H groups in total. The van der Waals surface area contributed by atoms with Gasteiger partial charge in [-0.05, 0) is 92.3 Å². The molecule has 4 heteroatoms. The van der Waals surface area contributed by atoms with Crippen LogP contribution >= 0.6 is 0 Å². The highest BCUT2D eigenvalue weighted by Crippen LogP contribution is 2.31. The van der Waals surface area contributed by atoms with Crippen molar-refractivity contribution in [2.75, 3.05) is 16.3 Å². The predicted molar refractivity (Wildman–Crippen MR) is 136 cm³/mol. The lowest BCUT2D eigenvalue weighted by molar-refractivity contribution is -0.127. The zero-order chi connectivity index (χ0) is 23.7. The number of benzene rings is 3. The Hall–Kier alpha value is -3.66. The first-order valence-corrected chi connectivity index (χ1v) is 11.3. The Labute approximate surface area is 196 Å². The van der Waals surface area contributed by atoms with Gasteiger partial charge >= 0.3 is 0 Å². The van der Waals surface area contributed by atoms with Gasteiger partial charge in [-0.3, -0.25) is 14.5 Å². The third-order valence-corrected chi connectivity index (χ3v) is 6.52. The quantitative estimate of drug-likeness (QED) is 0.519. The van der Waals surface area contributed by atoms with E-state index in [1.165, 1.54) is 0 Å². The summed E-state index contributed by atoms with van der Waals surface area (Å²) >= 11 is 0. The molecule has 0 unspecified atom stereocenters. The molecule has 0 aromatic heterocycles. The van der Waals surface area contributed by atoms with Crippen LogP contribution in [0, 0.1) is 27.7 Å². The zero-order valence-electron chi connectivity index (χ0n) is 19.9. The molecule has 1 saturated heterocycles. The lowest BCUT2D eigenvalue weighted by Gasteiger charge is -2.41. The second-order valence-corrected chi connectivity index (χ2v) is 8.93. The lowest BCUT2D eigenvalue weighted by Crippen LogP contribution is -2.61. The zero-order valence-corrected chi connectivity index (χ0v) is 19.9. The highest BCUT2D eigenvalue weighted by atomic mass is 16.2. The van der Waals surface area contributed by atoms with Crippen LogP contribution in [0.15, 0.2) is 72.3 Å². The summed E-state index contributed by atoms with van der Waals surface area (Å²) in [5.74, 6) is -0.192. The molecule has 33 heavy (non-hydrogen) atoms. The van der Waals surface area contributed by atoms with Crippen molar-refractivity contribution in [3.8, 4) is 0 Å². The summed E-state index contributed by atoms with van der Waals surface area (Å²) in [5, 5.41) is 0. The van der Waals surface area contributed by atoms with E-state index in [9.17, 15) is 9.59 Å². The van der Waals surface area contributed by atoms with Crippen LogP contribution in [-0.4, -0.2) is 24.4 Å². The molecule has 0 spiro atoms. The van der Waals surface area contributed by atoms with Gasteiger partial charge in [0.05, 0.1) is 0 Å². The molecule has 1 heterocycles. The molecule has 3 aromatic carbocycles. The molecule has 0 bridgehead atoms. The number of carbonyl (C=O) groups excluding carboxylic acids is 2. The van der Waals surface area contributed by atoms with Crippen molar-refractivity contribution in [2.45, 2.75) is 40.7 Å². The highest BCUT2D eigenvalue weighted by Gasteiger charge is 2.41. The second-order valence-electron chi connectivity index (χ2n) is 8.93. The van der Waals surface area contributed by atoms with Crippen molar-refractivity contribution in [2.24, 2.45) is 0 Å². The molecule has 4 nitrogen and oxygen atoms in total. The molecule has 0 saturated carbocycles. The molecule has 0 aliphatic carbocycles. The van der Waals surface area contributed by atoms with Crippen molar-refractivity contribution in [1.29, 1.82) is 0 Å². The molecule has 1 atom stereocenters. The van der Waals surface area contributed by atoms with Crippen LogP contribution in [0.1, 0.15) is 34.7 Å². The molecule has 168 valence electrons. The van der Waals surface area contributed by atoms with E-state index < -0.39 is 6.04 Å². The normalized spacial score (nSPS) is 17.0. The summed E-state index contributed by atoms with van der Waals surface area (Å²) in [6.45, 7) is 10.1. The largest absolute Gasteiger partial charge is 0.301 e. The Morgan fingerprint density at radius 1 is 0.788 bits per heavy atom. The maximum atomic E-state index is 13.9. The van der Waals surface area contributed by atoms with Gasteiger partial charge in [0.2, 0.25) is 5.91 Å². The van der Waals surface area contributed by atoms with Crippen LogP contribution in [0.5, 0.6) is 0 Å². The Morgan fingerprint density at radius 3 is 1.97 bits per heavy atom. The highest BCUT2D eigenvalue weighted by molar-refractivity contribution is 6.16. The Balaban J connectivity index is 1.82. The maximum Gasteiger partial charge on any atom is 0.254 e. The number of rotatable bonds is 4. The minimum absolute atomic E-state index is 0.0172. The first kappa shape index (κ1) is 22.5. The molecular weight excluding hydrogens is 408 g/mol. The van der Waals surface area contributed by atoms with Crippen LogP contribution in [-0.2, 0) is 9.59 Å². The Bertz CT molecular complexity index is 1240. The van der Waals surface area contributed by atoms with E-state index in [1.54, 1.807) is 9.80 Å².